The third-order valence-corrected chi connectivity index (χ3v) is 4.11. The van der Waals surface area contributed by atoms with Crippen molar-refractivity contribution >= 4 is 11.6 Å². The predicted molar refractivity (Wildman–Crippen MR) is 105 cm³/mol. The third-order valence-electron chi connectivity index (χ3n) is 4.11. The van der Waals surface area contributed by atoms with E-state index in [0.717, 1.165) is 17.1 Å². The molecule has 0 saturated heterocycles. The van der Waals surface area contributed by atoms with Gasteiger partial charge in [0.15, 0.2) is 17.3 Å². The van der Waals surface area contributed by atoms with E-state index in [1.54, 1.807) is 23.0 Å². The Bertz CT molecular complexity index is 1120. The summed E-state index contributed by atoms with van der Waals surface area (Å²) in [5.41, 5.74) is 2.44. The van der Waals surface area contributed by atoms with Crippen LogP contribution in [0.3, 0.4) is 0 Å². The first kappa shape index (κ1) is 17.5. The van der Waals surface area contributed by atoms with Crippen molar-refractivity contribution in [1.29, 1.82) is 0 Å². The Kier molecular flexibility index (Phi) is 4.59. The molecule has 0 aliphatic carbocycles. The van der Waals surface area contributed by atoms with Crippen molar-refractivity contribution in [3.05, 3.63) is 72.3 Å². The number of benzene rings is 2. The van der Waals surface area contributed by atoms with Crippen LogP contribution in [0.25, 0.3) is 17.1 Å². The highest BCUT2D eigenvalue weighted by Gasteiger charge is 2.19. The van der Waals surface area contributed by atoms with Crippen molar-refractivity contribution in [3.63, 3.8) is 0 Å². The number of H-pyrrole nitrogens is 1. The van der Waals surface area contributed by atoms with Crippen LogP contribution in [0.1, 0.15) is 16.3 Å². The quantitative estimate of drug-likeness (QED) is 0.559. The lowest BCUT2D eigenvalue weighted by Crippen LogP contribution is -2.14. The maximum atomic E-state index is 12.8. The van der Waals surface area contributed by atoms with Crippen molar-refractivity contribution in [2.24, 2.45) is 0 Å². The van der Waals surface area contributed by atoms with Gasteiger partial charge in [0.05, 0.1) is 19.0 Å². The number of nitrogens with zero attached hydrogens (tertiary/aromatic N) is 4. The lowest BCUT2D eigenvalue weighted by molar-refractivity contribution is 0.101. The number of amides is 1. The molecular formula is C20H18N6O2. The molecule has 2 N–H and O–H groups in total. The van der Waals surface area contributed by atoms with E-state index >= 15 is 0 Å². The zero-order valence-corrected chi connectivity index (χ0v) is 15.4. The molecule has 140 valence electrons. The predicted octanol–water partition coefficient (Wildman–Crippen LogP) is 3.23. The van der Waals surface area contributed by atoms with Crippen LogP contribution in [0.15, 0.2) is 60.8 Å². The van der Waals surface area contributed by atoms with Gasteiger partial charge in [-0.25, -0.2) is 9.67 Å². The van der Waals surface area contributed by atoms with Gasteiger partial charge >= 0.3 is 0 Å². The molecule has 2 heterocycles. The van der Waals surface area contributed by atoms with Crippen LogP contribution >= 0.6 is 0 Å². The first-order valence-electron chi connectivity index (χ1n) is 8.64. The van der Waals surface area contributed by atoms with Crippen molar-refractivity contribution in [2.75, 3.05) is 12.4 Å². The Hall–Kier alpha value is -3.94. The van der Waals surface area contributed by atoms with E-state index in [4.69, 9.17) is 4.74 Å². The van der Waals surface area contributed by atoms with E-state index in [9.17, 15) is 4.79 Å². The summed E-state index contributed by atoms with van der Waals surface area (Å²) in [7, 11) is 1.51. The average Bonchev–Trinajstić information content (AvgIpc) is 3.35. The van der Waals surface area contributed by atoms with Crippen molar-refractivity contribution < 1.29 is 9.53 Å². The van der Waals surface area contributed by atoms with Crippen LogP contribution in [0.2, 0.25) is 0 Å². The smallest absolute Gasteiger partial charge is 0.280 e. The van der Waals surface area contributed by atoms with Gasteiger partial charge in [0, 0.05) is 11.3 Å². The topological polar surface area (TPSA) is 97.7 Å². The molecule has 8 nitrogen and oxygen atoms in total. The van der Waals surface area contributed by atoms with Gasteiger partial charge in [0.2, 0.25) is 0 Å². The van der Waals surface area contributed by atoms with Crippen molar-refractivity contribution in [1.82, 2.24) is 25.0 Å². The minimum atomic E-state index is -0.366. The molecule has 4 rings (SSSR count). The molecule has 0 unspecified atom stereocenters. The Morgan fingerprint density at radius 1 is 1.14 bits per heavy atom. The second-order valence-corrected chi connectivity index (χ2v) is 6.11. The fourth-order valence-electron chi connectivity index (χ4n) is 2.78. The highest BCUT2D eigenvalue weighted by atomic mass is 16.5. The fraction of sp³-hybridized carbons (Fsp3) is 0.100. The number of carbonyl (C=O) groups excluding carboxylic acids is 1. The largest absolute Gasteiger partial charge is 0.493 e. The van der Waals surface area contributed by atoms with Crippen LogP contribution in [-0.2, 0) is 0 Å². The van der Waals surface area contributed by atoms with Gasteiger partial charge in [-0.3, -0.25) is 9.89 Å². The van der Waals surface area contributed by atoms with Crippen molar-refractivity contribution in [3.8, 4) is 22.8 Å². The van der Waals surface area contributed by atoms with E-state index in [1.807, 2.05) is 49.4 Å². The molecule has 8 heteroatoms. The van der Waals surface area contributed by atoms with Gasteiger partial charge in [0.1, 0.15) is 5.82 Å². The summed E-state index contributed by atoms with van der Waals surface area (Å²) in [5.74, 6) is 1.32. The number of aromatic amines is 1. The Labute approximate surface area is 161 Å². The number of methoxy groups -OCH3 is 1. The van der Waals surface area contributed by atoms with Gasteiger partial charge in [0.25, 0.3) is 5.91 Å². The third kappa shape index (κ3) is 3.48. The Balaban J connectivity index is 1.60. The molecule has 0 bridgehead atoms. The summed E-state index contributed by atoms with van der Waals surface area (Å²) in [5, 5.41) is 14.2. The molecule has 0 aliphatic heterocycles. The van der Waals surface area contributed by atoms with Crippen LogP contribution in [0, 0.1) is 6.92 Å². The molecular weight excluding hydrogens is 356 g/mol. The SMILES string of the molecule is COc1cn(-c2ccccc2)nc1C(=O)Nc1cccc(-c2n[nH]c(C)n2)c1. The molecule has 0 saturated carbocycles. The Morgan fingerprint density at radius 2 is 1.96 bits per heavy atom. The second-order valence-electron chi connectivity index (χ2n) is 6.11. The highest BCUT2D eigenvalue weighted by molar-refractivity contribution is 6.05. The minimum Gasteiger partial charge on any atom is -0.493 e. The van der Waals surface area contributed by atoms with E-state index in [-0.39, 0.29) is 11.6 Å². The molecule has 1 amide bonds. The average molecular weight is 374 g/mol. The maximum Gasteiger partial charge on any atom is 0.280 e. The molecule has 0 spiro atoms. The second kappa shape index (κ2) is 7.36. The summed E-state index contributed by atoms with van der Waals surface area (Å²) < 4.78 is 6.95. The zero-order valence-electron chi connectivity index (χ0n) is 15.4. The molecule has 0 atom stereocenters. The summed E-state index contributed by atoms with van der Waals surface area (Å²) in [6.07, 6.45) is 1.68. The number of anilines is 1. The van der Waals surface area contributed by atoms with E-state index in [2.05, 4.69) is 25.6 Å². The highest BCUT2D eigenvalue weighted by Crippen LogP contribution is 2.23. The van der Waals surface area contributed by atoms with Gasteiger partial charge in [-0.15, -0.1) is 0 Å². The lowest BCUT2D eigenvalue weighted by Gasteiger charge is -2.06. The van der Waals surface area contributed by atoms with Gasteiger partial charge in [-0.1, -0.05) is 30.3 Å². The molecule has 28 heavy (non-hydrogen) atoms. The van der Waals surface area contributed by atoms with Crippen LogP contribution in [0.5, 0.6) is 5.75 Å². The number of carbonyl (C=O) groups is 1. The monoisotopic (exact) mass is 374 g/mol. The molecule has 0 radical (unpaired) electrons. The summed E-state index contributed by atoms with van der Waals surface area (Å²) in [6.45, 7) is 1.83. The van der Waals surface area contributed by atoms with Crippen LogP contribution < -0.4 is 10.1 Å². The number of aromatic nitrogens is 5. The normalized spacial score (nSPS) is 10.6. The van der Waals surface area contributed by atoms with Gasteiger partial charge in [-0.05, 0) is 31.2 Å². The molecule has 2 aromatic heterocycles. The maximum absolute atomic E-state index is 12.8. The summed E-state index contributed by atoms with van der Waals surface area (Å²) in [6, 6.07) is 16.8. The van der Waals surface area contributed by atoms with Crippen LogP contribution in [0.4, 0.5) is 5.69 Å². The van der Waals surface area contributed by atoms with Gasteiger partial charge in [-0.2, -0.15) is 10.2 Å². The number of ether oxygens (including phenoxy) is 1. The molecule has 0 aliphatic rings. The van der Waals surface area contributed by atoms with E-state index in [1.165, 1.54) is 7.11 Å². The van der Waals surface area contributed by atoms with Crippen molar-refractivity contribution in [2.45, 2.75) is 6.92 Å². The number of rotatable bonds is 5. The number of para-hydroxylation sites is 1. The van der Waals surface area contributed by atoms with Crippen LogP contribution in [-0.4, -0.2) is 38.0 Å². The summed E-state index contributed by atoms with van der Waals surface area (Å²) in [4.78, 5) is 17.1. The zero-order chi connectivity index (χ0) is 19.5. The molecule has 0 fully saturated rings. The lowest BCUT2D eigenvalue weighted by atomic mass is 10.2. The minimum absolute atomic E-state index is 0.200. The fourth-order valence-corrected chi connectivity index (χ4v) is 2.78. The van der Waals surface area contributed by atoms with Gasteiger partial charge < -0.3 is 10.1 Å². The first-order valence-corrected chi connectivity index (χ1v) is 8.64. The van der Waals surface area contributed by atoms with E-state index in [0.29, 0.717) is 17.3 Å². The van der Waals surface area contributed by atoms with E-state index < -0.39 is 0 Å². The Morgan fingerprint density at radius 3 is 2.68 bits per heavy atom. The first-order chi connectivity index (χ1) is 13.6. The molecule has 4 aromatic rings. The molecule has 2 aromatic carbocycles. The standard InChI is InChI=1S/C20H18N6O2/c1-13-21-19(24-23-13)14-7-6-8-15(11-14)22-20(27)18-17(28-2)12-26(25-18)16-9-4-3-5-10-16/h3-12H,1-2H3,(H,22,27)(H,21,23,24). The number of hydrogen-bond acceptors (Lipinski definition) is 5. The summed E-state index contributed by atoms with van der Waals surface area (Å²) >= 11 is 0. The number of nitrogens with one attached hydrogen (secondary N) is 2. The number of hydrogen-bond donors (Lipinski definition) is 2. The number of aryl methyl sites for hydroxylation is 1.